The fraction of sp³-hybridized carbons (Fsp3) is 0.0500. The summed E-state index contributed by atoms with van der Waals surface area (Å²) in [5, 5.41) is 0. The van der Waals surface area contributed by atoms with E-state index in [1.54, 1.807) is 6.55 Å². The molecule has 0 spiro atoms. The first-order valence-corrected chi connectivity index (χ1v) is 10.0. The third-order valence-corrected chi connectivity index (χ3v) is 7.77. The first kappa shape index (κ1) is 17.6. The van der Waals surface area contributed by atoms with E-state index in [2.05, 4.69) is 66.8 Å². The summed E-state index contributed by atoms with van der Waals surface area (Å²) in [5.74, 6) is 0. The molecule has 1 heterocycles. The molecular weight excluding hydrogens is 416 g/mol. The van der Waals surface area contributed by atoms with Gasteiger partial charge in [-0.1, -0.05) is 0 Å². The van der Waals surface area contributed by atoms with Gasteiger partial charge in [0.2, 0.25) is 0 Å². The van der Waals surface area contributed by atoms with Gasteiger partial charge in [-0.05, 0) is 0 Å². The Morgan fingerprint density at radius 3 is 2.67 bits per heavy atom. The van der Waals surface area contributed by atoms with Gasteiger partial charge in [-0.3, -0.25) is 0 Å². The predicted octanol–water partition coefficient (Wildman–Crippen LogP) is -1.77. The number of benzene rings is 2. The fourth-order valence-electron chi connectivity index (χ4n) is 3.37. The molecule has 0 saturated heterocycles. The van der Waals surface area contributed by atoms with Crippen LogP contribution in [0.4, 0.5) is 5.69 Å². The van der Waals surface area contributed by atoms with Crippen molar-refractivity contribution in [2.75, 3.05) is 0 Å². The van der Waals surface area contributed by atoms with Gasteiger partial charge in [0.05, 0.1) is 0 Å². The van der Waals surface area contributed by atoms with Crippen molar-refractivity contribution < 1.29 is 48.0 Å². The monoisotopic (exact) mass is 427 g/mol. The van der Waals surface area contributed by atoms with E-state index in [1.165, 1.54) is 33.7 Å². The van der Waals surface area contributed by atoms with Crippen molar-refractivity contribution in [3.8, 4) is 0 Å². The summed E-state index contributed by atoms with van der Waals surface area (Å²) < 4.78 is 3.22. The Hall–Kier alpha value is -1.21. The van der Waals surface area contributed by atoms with E-state index in [1.807, 2.05) is 0 Å². The van der Waals surface area contributed by atoms with Crippen LogP contribution in [0.3, 0.4) is 0 Å². The molecule has 0 saturated carbocycles. The van der Waals surface area contributed by atoms with E-state index in [0.29, 0.717) is 0 Å². The first-order valence-electron chi connectivity index (χ1n) is 7.56. The number of aliphatic imine (C=N–C) groups is 1. The second-order valence-electron chi connectivity index (χ2n) is 5.75. The molecule has 1 nitrogen and oxygen atoms in total. The standard InChI is InChI=1S/C15H8N.C5H5.2ClH.Zr/c1-2-6-11-10(5-1)9-13-12-7-3-4-8-14(12)16-15(11)13;1-2-4-5-3-1;;;/h1-6,8-9H;1-3H,4H2;2*1H;/q;;;;+2/p-2. The molecule has 0 unspecified atom stereocenters. The Bertz CT molecular complexity index is 938. The molecule has 1 aliphatic heterocycles. The molecule has 5 rings (SSSR count). The molecule has 3 aliphatic rings. The smallest absolute Gasteiger partial charge is 1.00 e. The number of rotatable bonds is 2. The minimum absolute atomic E-state index is 0. The fourth-order valence-corrected chi connectivity index (χ4v) is 6.60. The van der Waals surface area contributed by atoms with Crippen LogP contribution in [0, 0.1) is 0 Å². The van der Waals surface area contributed by atoms with Gasteiger partial charge in [0.25, 0.3) is 0 Å². The van der Waals surface area contributed by atoms with E-state index in [-0.39, 0.29) is 24.8 Å². The molecule has 0 aromatic heterocycles. The van der Waals surface area contributed by atoms with Gasteiger partial charge in [0.15, 0.2) is 0 Å². The molecule has 0 atom stereocenters. The zero-order chi connectivity index (χ0) is 14.5. The molecule has 24 heavy (non-hydrogen) atoms. The molecule has 0 radical (unpaired) electrons. The minimum atomic E-state index is -0.710. The summed E-state index contributed by atoms with van der Waals surface area (Å²) in [4.78, 5) is 4.93. The Morgan fingerprint density at radius 1 is 0.958 bits per heavy atom. The van der Waals surface area contributed by atoms with Gasteiger partial charge >= 0.3 is 142 Å². The quantitative estimate of drug-likeness (QED) is 0.536. The van der Waals surface area contributed by atoms with Crippen LogP contribution in [0.1, 0.15) is 23.1 Å². The third kappa shape index (κ3) is 2.71. The maximum Gasteiger partial charge on any atom is -1.00 e. The summed E-state index contributed by atoms with van der Waals surface area (Å²) in [7, 11) is 0. The molecule has 2 aliphatic carbocycles. The van der Waals surface area contributed by atoms with Crippen LogP contribution in [-0.4, -0.2) is 5.71 Å². The van der Waals surface area contributed by atoms with Crippen LogP contribution in [0.25, 0.3) is 11.6 Å². The maximum absolute atomic E-state index is 4.93. The summed E-state index contributed by atoms with van der Waals surface area (Å²) in [6.45, 7) is 0. The molecular formula is C20H13Cl2NZr. The molecule has 0 bridgehead atoms. The second kappa shape index (κ2) is 6.96. The molecule has 116 valence electrons. The van der Waals surface area contributed by atoms with Gasteiger partial charge in [0.1, 0.15) is 0 Å². The molecule has 2 aromatic rings. The van der Waals surface area contributed by atoms with E-state index < -0.39 is 23.2 Å². The van der Waals surface area contributed by atoms with Crippen molar-refractivity contribution in [2.45, 2.75) is 6.42 Å². The van der Waals surface area contributed by atoms with Gasteiger partial charge < -0.3 is 24.8 Å². The zero-order valence-electron chi connectivity index (χ0n) is 12.8. The number of halogens is 2. The zero-order valence-corrected chi connectivity index (χ0v) is 16.7. The summed E-state index contributed by atoms with van der Waals surface area (Å²) in [5.41, 5.74) is 7.69. The van der Waals surface area contributed by atoms with Crippen LogP contribution in [0.15, 0.2) is 69.0 Å². The second-order valence-corrected chi connectivity index (χ2v) is 9.27. The minimum Gasteiger partial charge on any atom is -1.00 e. The topological polar surface area (TPSA) is 12.4 Å². The summed E-state index contributed by atoms with van der Waals surface area (Å²) >= 11 is -0.710. The first-order chi connectivity index (χ1) is 10.9. The number of allylic oxidation sites excluding steroid dienone is 5. The molecule has 0 N–H and O–H groups in total. The normalized spacial score (nSPS) is 15.1. The summed E-state index contributed by atoms with van der Waals surface area (Å²) in [6, 6.07) is 15.3. The van der Waals surface area contributed by atoms with Crippen LogP contribution in [0.5, 0.6) is 0 Å². The Labute approximate surface area is 165 Å². The Morgan fingerprint density at radius 2 is 1.83 bits per heavy atom. The Balaban J connectivity index is 0.000000845. The van der Waals surface area contributed by atoms with Crippen LogP contribution in [0.2, 0.25) is 0 Å². The van der Waals surface area contributed by atoms with Crippen molar-refractivity contribution in [3.05, 3.63) is 80.7 Å². The van der Waals surface area contributed by atoms with Crippen molar-refractivity contribution in [1.29, 1.82) is 0 Å². The van der Waals surface area contributed by atoms with Gasteiger partial charge in [-0.15, -0.1) is 0 Å². The third-order valence-electron chi connectivity index (χ3n) is 4.38. The summed E-state index contributed by atoms with van der Waals surface area (Å²) in [6.07, 6.45) is 10.3. The SMILES string of the molecule is C1=CC[C]([Zr+2][c]2cccc3c2C2=Cc4ccccc4C2=N3)=C1.[Cl-].[Cl-]. The number of hydrogen-bond acceptors (Lipinski definition) is 1. The van der Waals surface area contributed by atoms with Crippen LogP contribution < -0.4 is 28.1 Å². The van der Waals surface area contributed by atoms with E-state index in [0.717, 1.165) is 6.42 Å². The van der Waals surface area contributed by atoms with Crippen molar-refractivity contribution >= 4 is 26.3 Å². The van der Waals surface area contributed by atoms with E-state index in [9.17, 15) is 0 Å². The number of nitrogens with zero attached hydrogens (tertiary/aromatic N) is 1. The predicted molar refractivity (Wildman–Crippen MR) is 88.4 cm³/mol. The van der Waals surface area contributed by atoms with Crippen molar-refractivity contribution in [1.82, 2.24) is 0 Å². The van der Waals surface area contributed by atoms with E-state index >= 15 is 0 Å². The van der Waals surface area contributed by atoms with Gasteiger partial charge in [0, 0.05) is 0 Å². The number of hydrogen-bond donors (Lipinski definition) is 0. The molecule has 2 aromatic carbocycles. The molecule has 0 fully saturated rings. The van der Waals surface area contributed by atoms with Crippen LogP contribution >= 0.6 is 0 Å². The molecule has 4 heteroatoms. The van der Waals surface area contributed by atoms with Gasteiger partial charge in [-0.25, -0.2) is 0 Å². The maximum atomic E-state index is 4.93. The van der Waals surface area contributed by atoms with Crippen molar-refractivity contribution in [2.24, 2.45) is 4.99 Å². The van der Waals surface area contributed by atoms with Crippen LogP contribution in [-0.2, 0) is 23.2 Å². The average molecular weight is 429 g/mol. The van der Waals surface area contributed by atoms with Gasteiger partial charge in [-0.2, -0.15) is 0 Å². The Kier molecular flexibility index (Phi) is 5.11. The molecule has 0 amide bonds. The largest absolute Gasteiger partial charge is 1.00 e. The number of fused-ring (bicyclic) bond motifs is 5. The van der Waals surface area contributed by atoms with E-state index in [4.69, 9.17) is 4.99 Å². The average Bonchev–Trinajstić information content (AvgIpc) is 3.22. The van der Waals surface area contributed by atoms with Crippen molar-refractivity contribution in [3.63, 3.8) is 0 Å².